The lowest BCUT2D eigenvalue weighted by Gasteiger charge is -2.12. The van der Waals surface area contributed by atoms with Gasteiger partial charge in [0.2, 0.25) is 0 Å². The Balaban J connectivity index is 0.00000484. The van der Waals surface area contributed by atoms with Crippen molar-refractivity contribution in [3.05, 3.63) is 34.4 Å². The number of aryl methyl sites for hydroxylation is 1. The zero-order chi connectivity index (χ0) is 16.2. The van der Waals surface area contributed by atoms with E-state index in [1.807, 2.05) is 0 Å². The summed E-state index contributed by atoms with van der Waals surface area (Å²) in [5.74, 6) is 0.630. The lowest BCUT2D eigenvalue weighted by atomic mass is 9.95. The van der Waals surface area contributed by atoms with Gasteiger partial charge in [0.25, 0.3) is 0 Å². The highest BCUT2D eigenvalue weighted by atomic mass is 35.5. The molecule has 0 heterocycles. The van der Waals surface area contributed by atoms with Crippen molar-refractivity contribution in [1.82, 2.24) is 6.15 Å². The minimum absolute atomic E-state index is 0. The van der Waals surface area contributed by atoms with E-state index in [4.69, 9.17) is 11.6 Å². The molecule has 0 aliphatic rings. The molecule has 0 spiro atoms. The van der Waals surface area contributed by atoms with Crippen LogP contribution in [0.4, 0.5) is 0 Å². The van der Waals surface area contributed by atoms with E-state index in [-0.39, 0.29) is 6.15 Å². The van der Waals surface area contributed by atoms with E-state index < -0.39 is 0 Å². The van der Waals surface area contributed by atoms with Crippen molar-refractivity contribution in [2.45, 2.75) is 97.3 Å². The first-order valence-electron chi connectivity index (χ1n) is 9.34. The van der Waals surface area contributed by atoms with Crippen LogP contribution < -0.4 is 6.15 Å². The van der Waals surface area contributed by atoms with Gasteiger partial charge in [-0.2, -0.15) is 0 Å². The van der Waals surface area contributed by atoms with E-state index in [1.54, 1.807) is 0 Å². The van der Waals surface area contributed by atoms with Gasteiger partial charge in [-0.25, -0.2) is 0 Å². The first-order valence-corrected chi connectivity index (χ1v) is 9.88. The standard InChI is InChI=1S/C21H35Cl.H3N/c1-4-5-6-7-8-9-10-11-12-13-14-20-15-16-21(17-22)19(3)18(20)2;/h15-16H,4-14,17H2,1-3H3;1H3. The normalized spacial score (nSPS) is 10.6. The van der Waals surface area contributed by atoms with Crippen LogP contribution in [0.2, 0.25) is 0 Å². The van der Waals surface area contributed by atoms with Crippen LogP contribution in [0.15, 0.2) is 12.1 Å². The zero-order valence-electron chi connectivity index (χ0n) is 15.7. The molecule has 1 aromatic carbocycles. The van der Waals surface area contributed by atoms with E-state index in [0.717, 1.165) is 0 Å². The summed E-state index contributed by atoms with van der Waals surface area (Å²) in [5, 5.41) is 0. The molecular formula is C21H38ClN. The monoisotopic (exact) mass is 339 g/mol. The predicted octanol–water partition coefficient (Wildman–Crippen LogP) is 7.67. The summed E-state index contributed by atoms with van der Waals surface area (Å²) in [7, 11) is 0. The number of hydrogen-bond donors (Lipinski definition) is 1. The Morgan fingerprint density at radius 3 is 1.65 bits per heavy atom. The Hall–Kier alpha value is -0.530. The topological polar surface area (TPSA) is 35.0 Å². The Morgan fingerprint density at radius 1 is 0.696 bits per heavy atom. The first kappa shape index (κ1) is 22.5. The van der Waals surface area contributed by atoms with Crippen LogP contribution in [0.3, 0.4) is 0 Å². The molecule has 0 aromatic heterocycles. The van der Waals surface area contributed by atoms with Gasteiger partial charge in [-0.1, -0.05) is 76.8 Å². The minimum atomic E-state index is 0. The second-order valence-electron chi connectivity index (χ2n) is 6.70. The molecule has 23 heavy (non-hydrogen) atoms. The van der Waals surface area contributed by atoms with E-state index >= 15 is 0 Å². The minimum Gasteiger partial charge on any atom is -0.344 e. The molecule has 134 valence electrons. The van der Waals surface area contributed by atoms with Crippen LogP contribution in [-0.4, -0.2) is 0 Å². The lowest BCUT2D eigenvalue weighted by Crippen LogP contribution is -1.96. The van der Waals surface area contributed by atoms with Crippen molar-refractivity contribution in [2.75, 3.05) is 0 Å². The van der Waals surface area contributed by atoms with Crippen molar-refractivity contribution in [1.29, 1.82) is 0 Å². The fourth-order valence-electron chi connectivity index (χ4n) is 3.15. The number of benzene rings is 1. The molecule has 1 rings (SSSR count). The number of rotatable bonds is 12. The van der Waals surface area contributed by atoms with Gasteiger partial charge in [0, 0.05) is 5.88 Å². The predicted molar refractivity (Wildman–Crippen MR) is 106 cm³/mol. The molecule has 0 fully saturated rings. The summed E-state index contributed by atoms with van der Waals surface area (Å²) in [4.78, 5) is 0. The van der Waals surface area contributed by atoms with Gasteiger partial charge in [-0.3, -0.25) is 0 Å². The fraction of sp³-hybridized carbons (Fsp3) is 0.714. The Labute approximate surface area is 149 Å². The average molecular weight is 340 g/mol. The average Bonchev–Trinajstić information content (AvgIpc) is 2.53. The number of halogens is 1. The molecule has 1 aromatic rings. The Kier molecular flexibility index (Phi) is 13.5. The molecule has 3 N–H and O–H groups in total. The molecule has 0 radical (unpaired) electrons. The third-order valence-corrected chi connectivity index (χ3v) is 5.24. The third kappa shape index (κ3) is 8.77. The van der Waals surface area contributed by atoms with Crippen LogP contribution >= 0.6 is 11.6 Å². The van der Waals surface area contributed by atoms with E-state index in [1.165, 1.54) is 92.9 Å². The number of hydrogen-bond acceptors (Lipinski definition) is 1. The largest absolute Gasteiger partial charge is 0.344 e. The van der Waals surface area contributed by atoms with Crippen molar-refractivity contribution >= 4 is 11.6 Å². The maximum absolute atomic E-state index is 5.97. The van der Waals surface area contributed by atoms with Gasteiger partial charge in [0.05, 0.1) is 0 Å². The summed E-state index contributed by atoms with van der Waals surface area (Å²) in [6.45, 7) is 6.73. The van der Waals surface area contributed by atoms with Gasteiger partial charge in [-0.05, 0) is 48.9 Å². The Bertz CT molecular complexity index is 415. The van der Waals surface area contributed by atoms with Gasteiger partial charge in [0.15, 0.2) is 0 Å². The molecule has 0 aliphatic heterocycles. The highest BCUT2D eigenvalue weighted by Gasteiger charge is 2.05. The van der Waals surface area contributed by atoms with Gasteiger partial charge in [-0.15, -0.1) is 11.6 Å². The molecule has 0 aliphatic carbocycles. The molecule has 1 nitrogen and oxygen atoms in total. The maximum atomic E-state index is 5.97. The highest BCUT2D eigenvalue weighted by molar-refractivity contribution is 6.17. The second-order valence-corrected chi connectivity index (χ2v) is 6.97. The highest BCUT2D eigenvalue weighted by Crippen LogP contribution is 2.21. The summed E-state index contributed by atoms with van der Waals surface area (Å²) >= 11 is 5.97. The summed E-state index contributed by atoms with van der Waals surface area (Å²) in [6.07, 6.45) is 15.3. The third-order valence-electron chi connectivity index (χ3n) is 4.96. The second kappa shape index (κ2) is 13.9. The van der Waals surface area contributed by atoms with E-state index in [0.29, 0.717) is 5.88 Å². The van der Waals surface area contributed by atoms with E-state index in [9.17, 15) is 0 Å². The molecule has 0 saturated heterocycles. The molecule has 0 amide bonds. The molecule has 0 atom stereocenters. The van der Waals surface area contributed by atoms with Crippen molar-refractivity contribution in [3.8, 4) is 0 Å². The van der Waals surface area contributed by atoms with Crippen LogP contribution in [0.5, 0.6) is 0 Å². The summed E-state index contributed by atoms with van der Waals surface area (Å²) in [5.41, 5.74) is 5.64. The van der Waals surface area contributed by atoms with Gasteiger partial charge < -0.3 is 6.15 Å². The smallest absolute Gasteiger partial charge is 0.0476 e. The van der Waals surface area contributed by atoms with Crippen molar-refractivity contribution in [3.63, 3.8) is 0 Å². The quantitative estimate of drug-likeness (QED) is 0.307. The molecule has 0 saturated carbocycles. The lowest BCUT2D eigenvalue weighted by molar-refractivity contribution is 0.556. The summed E-state index contributed by atoms with van der Waals surface area (Å²) in [6, 6.07) is 4.49. The molecular weight excluding hydrogens is 302 g/mol. The number of alkyl halides is 1. The van der Waals surface area contributed by atoms with Crippen LogP contribution in [-0.2, 0) is 12.3 Å². The first-order chi connectivity index (χ1) is 10.7. The van der Waals surface area contributed by atoms with Gasteiger partial charge >= 0.3 is 0 Å². The number of unbranched alkanes of at least 4 members (excludes halogenated alkanes) is 9. The summed E-state index contributed by atoms with van der Waals surface area (Å²) < 4.78 is 0. The van der Waals surface area contributed by atoms with Crippen molar-refractivity contribution < 1.29 is 0 Å². The molecule has 0 unspecified atom stereocenters. The zero-order valence-corrected chi connectivity index (χ0v) is 16.5. The van der Waals surface area contributed by atoms with Gasteiger partial charge in [0.1, 0.15) is 0 Å². The maximum Gasteiger partial charge on any atom is 0.0476 e. The molecule has 2 heteroatoms. The Morgan fingerprint density at radius 2 is 1.13 bits per heavy atom. The van der Waals surface area contributed by atoms with Crippen LogP contribution in [0.1, 0.15) is 93.4 Å². The van der Waals surface area contributed by atoms with Crippen molar-refractivity contribution in [2.24, 2.45) is 0 Å². The fourth-order valence-corrected chi connectivity index (χ4v) is 3.44. The van der Waals surface area contributed by atoms with E-state index in [2.05, 4.69) is 32.9 Å². The SMILES string of the molecule is CCCCCCCCCCCCc1ccc(CCl)c(C)c1C.N. The van der Waals surface area contributed by atoms with Crippen LogP contribution in [0, 0.1) is 13.8 Å². The molecule has 0 bridgehead atoms. The van der Waals surface area contributed by atoms with Crippen LogP contribution in [0.25, 0.3) is 0 Å².